The molecular weight excluding hydrogens is 162 g/mol. The molecule has 0 saturated carbocycles. The van der Waals surface area contributed by atoms with Gasteiger partial charge in [0.15, 0.2) is 0 Å². The van der Waals surface area contributed by atoms with E-state index in [1.54, 1.807) is 12.5 Å². The monoisotopic (exact) mass is 179 g/mol. The second-order valence-corrected chi connectivity index (χ2v) is 3.20. The largest absolute Gasteiger partial charge is 0.315 e. The molecule has 1 rings (SSSR count). The number of aromatic nitrogens is 2. The lowest BCUT2D eigenvalue weighted by Crippen LogP contribution is -2.25. The lowest BCUT2D eigenvalue weighted by atomic mass is 10.1. The Morgan fingerprint density at radius 3 is 3.00 bits per heavy atom. The number of rotatable bonds is 5. The number of aryl methyl sites for hydroxylation is 1. The second-order valence-electron chi connectivity index (χ2n) is 3.20. The van der Waals surface area contributed by atoms with Crippen LogP contribution < -0.4 is 5.32 Å². The zero-order valence-electron chi connectivity index (χ0n) is 8.33. The highest BCUT2D eigenvalue weighted by Crippen LogP contribution is 2.00. The maximum absolute atomic E-state index is 4.17. The Balaban J connectivity index is 2.27. The van der Waals surface area contributed by atoms with Crippen molar-refractivity contribution in [3.8, 4) is 0 Å². The molecule has 1 unspecified atom stereocenters. The molecule has 1 N–H and O–H groups in total. The molecule has 72 valence electrons. The van der Waals surface area contributed by atoms with Gasteiger partial charge >= 0.3 is 0 Å². The fraction of sp³-hybridized carbons (Fsp3) is 0.600. The zero-order valence-corrected chi connectivity index (χ0v) is 8.33. The molecule has 3 nitrogen and oxygen atoms in total. The van der Waals surface area contributed by atoms with E-state index >= 15 is 0 Å². The van der Waals surface area contributed by atoms with E-state index in [0.29, 0.717) is 6.04 Å². The van der Waals surface area contributed by atoms with E-state index in [0.717, 1.165) is 25.1 Å². The third kappa shape index (κ3) is 3.99. The Kier molecular flexibility index (Phi) is 4.40. The van der Waals surface area contributed by atoms with Crippen molar-refractivity contribution in [1.82, 2.24) is 15.3 Å². The zero-order chi connectivity index (χ0) is 9.52. The van der Waals surface area contributed by atoms with Crippen LogP contribution in [0.2, 0.25) is 0 Å². The molecule has 0 aromatic carbocycles. The average molecular weight is 179 g/mol. The highest BCUT2D eigenvalue weighted by Gasteiger charge is 2.00. The van der Waals surface area contributed by atoms with Crippen LogP contribution in [0.15, 0.2) is 18.6 Å². The van der Waals surface area contributed by atoms with Crippen molar-refractivity contribution >= 4 is 0 Å². The first-order chi connectivity index (χ1) is 6.33. The third-order valence-electron chi connectivity index (χ3n) is 2.03. The summed E-state index contributed by atoms with van der Waals surface area (Å²) in [5, 5.41) is 3.37. The van der Waals surface area contributed by atoms with Crippen LogP contribution in [0.5, 0.6) is 0 Å². The summed E-state index contributed by atoms with van der Waals surface area (Å²) in [7, 11) is 0. The van der Waals surface area contributed by atoms with Crippen molar-refractivity contribution in [2.75, 3.05) is 6.54 Å². The second kappa shape index (κ2) is 5.65. The van der Waals surface area contributed by atoms with Gasteiger partial charge in [0.05, 0.1) is 0 Å². The lowest BCUT2D eigenvalue weighted by molar-refractivity contribution is 0.527. The maximum Gasteiger partial charge on any atom is 0.115 e. The minimum atomic E-state index is 0.569. The van der Waals surface area contributed by atoms with Gasteiger partial charge in [-0.15, -0.1) is 0 Å². The molecule has 13 heavy (non-hydrogen) atoms. The Morgan fingerprint density at radius 2 is 2.38 bits per heavy atom. The normalized spacial score (nSPS) is 12.8. The van der Waals surface area contributed by atoms with Crippen molar-refractivity contribution < 1.29 is 0 Å². The molecule has 0 fully saturated rings. The van der Waals surface area contributed by atoms with Gasteiger partial charge in [-0.05, 0) is 32.4 Å². The van der Waals surface area contributed by atoms with Crippen molar-refractivity contribution in [3.63, 3.8) is 0 Å². The van der Waals surface area contributed by atoms with Gasteiger partial charge in [-0.1, -0.05) is 6.92 Å². The summed E-state index contributed by atoms with van der Waals surface area (Å²) < 4.78 is 0. The van der Waals surface area contributed by atoms with Crippen LogP contribution in [0.1, 0.15) is 26.0 Å². The predicted molar refractivity (Wildman–Crippen MR) is 53.5 cm³/mol. The van der Waals surface area contributed by atoms with Gasteiger partial charge in [-0.2, -0.15) is 0 Å². The molecule has 0 bridgehead atoms. The van der Waals surface area contributed by atoms with E-state index < -0.39 is 0 Å². The van der Waals surface area contributed by atoms with E-state index in [1.165, 1.54) is 0 Å². The molecule has 0 spiro atoms. The number of nitrogens with one attached hydrogen (secondary N) is 1. The van der Waals surface area contributed by atoms with E-state index in [2.05, 4.69) is 29.1 Å². The van der Waals surface area contributed by atoms with Crippen LogP contribution in [-0.2, 0) is 6.42 Å². The Bertz CT molecular complexity index is 223. The lowest BCUT2D eigenvalue weighted by Gasteiger charge is -2.10. The summed E-state index contributed by atoms with van der Waals surface area (Å²) in [6.07, 6.45) is 5.55. The number of hydrogen-bond donors (Lipinski definition) is 1. The van der Waals surface area contributed by atoms with Gasteiger partial charge < -0.3 is 5.32 Å². The molecular formula is C10H17N3. The molecule has 1 heterocycles. The van der Waals surface area contributed by atoms with Crippen LogP contribution in [0.25, 0.3) is 0 Å². The van der Waals surface area contributed by atoms with Crippen LogP contribution in [0.3, 0.4) is 0 Å². The van der Waals surface area contributed by atoms with E-state index in [4.69, 9.17) is 0 Å². The van der Waals surface area contributed by atoms with Crippen LogP contribution in [-0.4, -0.2) is 22.6 Å². The Hall–Kier alpha value is -0.960. The fourth-order valence-corrected chi connectivity index (χ4v) is 1.28. The predicted octanol–water partition coefficient (Wildman–Crippen LogP) is 1.41. The summed E-state index contributed by atoms with van der Waals surface area (Å²) in [6, 6.07) is 2.54. The molecule has 0 aliphatic heterocycles. The quantitative estimate of drug-likeness (QED) is 0.742. The summed E-state index contributed by atoms with van der Waals surface area (Å²) in [5.41, 5.74) is 1.12. The molecule has 0 aliphatic rings. The maximum atomic E-state index is 4.17. The number of hydrogen-bond acceptors (Lipinski definition) is 3. The van der Waals surface area contributed by atoms with Gasteiger partial charge in [0.25, 0.3) is 0 Å². The van der Waals surface area contributed by atoms with Gasteiger partial charge in [-0.3, -0.25) is 0 Å². The molecule has 0 saturated heterocycles. The van der Waals surface area contributed by atoms with Gasteiger partial charge in [0.2, 0.25) is 0 Å². The summed E-state index contributed by atoms with van der Waals surface area (Å²) in [5.74, 6) is 0. The van der Waals surface area contributed by atoms with Crippen molar-refractivity contribution in [3.05, 3.63) is 24.3 Å². The summed E-state index contributed by atoms with van der Waals surface area (Å²) in [4.78, 5) is 8.05. The van der Waals surface area contributed by atoms with Crippen LogP contribution in [0.4, 0.5) is 0 Å². The van der Waals surface area contributed by atoms with Gasteiger partial charge in [0.1, 0.15) is 6.33 Å². The van der Waals surface area contributed by atoms with Gasteiger partial charge in [-0.25, -0.2) is 9.97 Å². The van der Waals surface area contributed by atoms with Crippen LogP contribution in [0, 0.1) is 0 Å². The van der Waals surface area contributed by atoms with E-state index in [9.17, 15) is 0 Å². The summed E-state index contributed by atoms with van der Waals surface area (Å²) >= 11 is 0. The van der Waals surface area contributed by atoms with E-state index in [1.807, 2.05) is 6.07 Å². The minimum Gasteiger partial charge on any atom is -0.315 e. The number of nitrogens with zero attached hydrogens (tertiary/aromatic N) is 2. The highest BCUT2D eigenvalue weighted by molar-refractivity contribution is 4.97. The Labute approximate surface area is 79.6 Å². The minimum absolute atomic E-state index is 0.569. The molecule has 0 aliphatic carbocycles. The first kappa shape index (κ1) is 10.1. The molecule has 1 atom stereocenters. The standard InChI is InChI=1S/C10H17N3/c1-3-12-9(2)4-5-10-6-7-11-8-13-10/h6-9,12H,3-5H2,1-2H3. The van der Waals surface area contributed by atoms with Crippen molar-refractivity contribution in [2.45, 2.75) is 32.7 Å². The highest BCUT2D eigenvalue weighted by atomic mass is 14.9. The molecule has 1 aromatic heterocycles. The van der Waals surface area contributed by atoms with Gasteiger partial charge in [0, 0.05) is 17.9 Å². The molecule has 0 amide bonds. The summed E-state index contributed by atoms with van der Waals surface area (Å²) in [6.45, 7) is 5.36. The first-order valence-corrected chi connectivity index (χ1v) is 4.81. The third-order valence-corrected chi connectivity index (χ3v) is 2.03. The molecule has 3 heteroatoms. The average Bonchev–Trinajstić information content (AvgIpc) is 2.17. The van der Waals surface area contributed by atoms with E-state index in [-0.39, 0.29) is 0 Å². The topological polar surface area (TPSA) is 37.8 Å². The SMILES string of the molecule is CCNC(C)CCc1ccncn1. The van der Waals surface area contributed by atoms with Crippen molar-refractivity contribution in [1.29, 1.82) is 0 Å². The van der Waals surface area contributed by atoms with Crippen molar-refractivity contribution in [2.24, 2.45) is 0 Å². The van der Waals surface area contributed by atoms with Crippen LogP contribution >= 0.6 is 0 Å². The fourth-order valence-electron chi connectivity index (χ4n) is 1.28. The molecule has 1 aromatic rings. The first-order valence-electron chi connectivity index (χ1n) is 4.81. The molecule has 0 radical (unpaired) electrons. The smallest absolute Gasteiger partial charge is 0.115 e. The Morgan fingerprint density at radius 1 is 1.54 bits per heavy atom.